The van der Waals surface area contributed by atoms with E-state index in [1.165, 1.54) is 6.26 Å². The fourth-order valence-corrected chi connectivity index (χ4v) is 2.31. The molecule has 1 N–H and O–H groups in total. The van der Waals surface area contributed by atoms with E-state index in [9.17, 15) is 8.42 Å². The number of anilines is 1. The fraction of sp³-hybridized carbons (Fsp3) is 0.636. The van der Waals surface area contributed by atoms with Crippen LogP contribution in [0.5, 0.6) is 0 Å². The summed E-state index contributed by atoms with van der Waals surface area (Å²) in [7, 11) is -2.90. The van der Waals surface area contributed by atoms with Gasteiger partial charge in [0.25, 0.3) is 0 Å². The number of hydrogen-bond acceptors (Lipinski definition) is 5. The molecule has 0 radical (unpaired) electrons. The number of aromatic nitrogens is 2. The Labute approximate surface area is 113 Å². The van der Waals surface area contributed by atoms with Crippen molar-refractivity contribution >= 4 is 27.3 Å². The Kier molecular flexibility index (Phi) is 5.81. The Morgan fingerprint density at radius 3 is 2.72 bits per heavy atom. The molecule has 0 aliphatic heterocycles. The highest BCUT2D eigenvalue weighted by Gasteiger charge is 2.04. The largest absolute Gasteiger partial charge is 0.370 e. The minimum absolute atomic E-state index is 0.167. The van der Waals surface area contributed by atoms with E-state index in [2.05, 4.69) is 15.3 Å². The highest BCUT2D eigenvalue weighted by Crippen LogP contribution is 2.12. The van der Waals surface area contributed by atoms with Crippen molar-refractivity contribution in [2.24, 2.45) is 0 Å². The first-order chi connectivity index (χ1) is 8.40. The zero-order chi connectivity index (χ0) is 13.6. The predicted octanol–water partition coefficient (Wildman–Crippen LogP) is 1.93. The van der Waals surface area contributed by atoms with Crippen molar-refractivity contribution in [3.8, 4) is 0 Å². The summed E-state index contributed by atoms with van der Waals surface area (Å²) in [5.74, 6) is 1.52. The van der Waals surface area contributed by atoms with Crippen molar-refractivity contribution < 1.29 is 8.42 Å². The molecule has 0 unspecified atom stereocenters. The summed E-state index contributed by atoms with van der Waals surface area (Å²) in [6.45, 7) is 2.59. The van der Waals surface area contributed by atoms with Crippen molar-refractivity contribution in [2.45, 2.75) is 26.2 Å². The minimum atomic E-state index is -2.90. The third kappa shape index (κ3) is 6.16. The molecule has 0 aliphatic rings. The molecule has 0 fully saturated rings. The number of nitrogens with one attached hydrogen (secondary N) is 1. The normalized spacial score (nSPS) is 11.5. The monoisotopic (exact) mass is 291 g/mol. The first-order valence-corrected chi connectivity index (χ1v) is 8.29. The third-order valence-electron chi connectivity index (χ3n) is 2.21. The summed E-state index contributed by atoms with van der Waals surface area (Å²) in [6.07, 6.45) is 3.50. The Morgan fingerprint density at radius 1 is 1.39 bits per heavy atom. The van der Waals surface area contributed by atoms with Crippen LogP contribution in [-0.2, 0) is 16.3 Å². The first-order valence-electron chi connectivity index (χ1n) is 5.86. The molecular formula is C11H18ClN3O2S. The Bertz CT molecular complexity index is 491. The standard InChI is InChI=1S/C11H18ClN3O2S/c1-3-5-10-14-9(12)8-11(15-10)13-6-4-7-18(2,16)17/h8H,3-7H2,1-2H3,(H,13,14,15). The smallest absolute Gasteiger partial charge is 0.147 e. The lowest BCUT2D eigenvalue weighted by atomic mass is 10.3. The second-order valence-corrected chi connectivity index (χ2v) is 6.80. The van der Waals surface area contributed by atoms with Gasteiger partial charge in [0.1, 0.15) is 26.6 Å². The van der Waals surface area contributed by atoms with Gasteiger partial charge in [-0.25, -0.2) is 18.4 Å². The molecule has 1 aromatic heterocycles. The van der Waals surface area contributed by atoms with Gasteiger partial charge in [0.15, 0.2) is 0 Å². The number of nitrogens with zero attached hydrogens (tertiary/aromatic N) is 2. The van der Waals surface area contributed by atoms with Crippen LogP contribution in [0, 0.1) is 0 Å². The van der Waals surface area contributed by atoms with Gasteiger partial charge >= 0.3 is 0 Å². The minimum Gasteiger partial charge on any atom is -0.370 e. The van der Waals surface area contributed by atoms with E-state index in [-0.39, 0.29) is 5.75 Å². The number of halogens is 1. The molecule has 1 heterocycles. The number of sulfone groups is 1. The fourth-order valence-electron chi connectivity index (χ4n) is 1.44. The lowest BCUT2D eigenvalue weighted by Gasteiger charge is -2.07. The van der Waals surface area contributed by atoms with Gasteiger partial charge in [0.05, 0.1) is 5.75 Å². The molecule has 0 saturated heterocycles. The van der Waals surface area contributed by atoms with Gasteiger partial charge in [0.2, 0.25) is 0 Å². The van der Waals surface area contributed by atoms with Crippen molar-refractivity contribution in [1.82, 2.24) is 9.97 Å². The maximum absolute atomic E-state index is 11.0. The highest BCUT2D eigenvalue weighted by molar-refractivity contribution is 7.90. The Morgan fingerprint density at radius 2 is 2.11 bits per heavy atom. The van der Waals surface area contributed by atoms with Gasteiger partial charge in [-0.15, -0.1) is 0 Å². The summed E-state index contributed by atoms with van der Waals surface area (Å²) in [5.41, 5.74) is 0. The lowest BCUT2D eigenvalue weighted by Crippen LogP contribution is -2.11. The maximum Gasteiger partial charge on any atom is 0.147 e. The van der Waals surface area contributed by atoms with E-state index in [0.29, 0.717) is 29.8 Å². The molecule has 102 valence electrons. The molecule has 5 nitrogen and oxygen atoms in total. The third-order valence-corrected chi connectivity index (χ3v) is 3.44. The van der Waals surface area contributed by atoms with Gasteiger partial charge in [-0.2, -0.15) is 0 Å². The van der Waals surface area contributed by atoms with E-state index in [1.54, 1.807) is 6.07 Å². The van der Waals surface area contributed by atoms with Crippen LogP contribution in [0.4, 0.5) is 5.82 Å². The van der Waals surface area contributed by atoms with E-state index < -0.39 is 9.84 Å². The lowest BCUT2D eigenvalue weighted by molar-refractivity contribution is 0.600. The van der Waals surface area contributed by atoms with Crippen molar-refractivity contribution in [2.75, 3.05) is 23.9 Å². The van der Waals surface area contributed by atoms with Crippen LogP contribution in [0.25, 0.3) is 0 Å². The number of hydrogen-bond donors (Lipinski definition) is 1. The SMILES string of the molecule is CCCc1nc(Cl)cc(NCCCS(C)(=O)=O)n1. The molecule has 7 heteroatoms. The quantitative estimate of drug-likeness (QED) is 0.614. The van der Waals surface area contributed by atoms with Crippen molar-refractivity contribution in [1.29, 1.82) is 0 Å². The molecule has 18 heavy (non-hydrogen) atoms. The van der Waals surface area contributed by atoms with Gasteiger partial charge in [-0.05, 0) is 12.8 Å². The second kappa shape index (κ2) is 6.89. The average molecular weight is 292 g/mol. The number of aryl methyl sites for hydroxylation is 1. The van der Waals surface area contributed by atoms with Crippen LogP contribution in [0.1, 0.15) is 25.6 Å². The summed E-state index contributed by atoms with van der Waals surface area (Å²) < 4.78 is 21.9. The molecule has 0 amide bonds. The van der Waals surface area contributed by atoms with Crippen molar-refractivity contribution in [3.05, 3.63) is 17.0 Å². The zero-order valence-corrected chi connectivity index (χ0v) is 12.2. The van der Waals surface area contributed by atoms with Crippen LogP contribution in [-0.4, -0.2) is 36.9 Å². The maximum atomic E-state index is 11.0. The molecule has 0 bridgehead atoms. The Hall–Kier alpha value is -0.880. The molecular weight excluding hydrogens is 274 g/mol. The summed E-state index contributed by atoms with van der Waals surface area (Å²) in [4.78, 5) is 8.41. The van der Waals surface area contributed by atoms with Gasteiger partial charge < -0.3 is 5.32 Å². The van der Waals surface area contributed by atoms with Crippen LogP contribution in [0.15, 0.2) is 6.07 Å². The predicted molar refractivity (Wildman–Crippen MR) is 73.9 cm³/mol. The van der Waals surface area contributed by atoms with E-state index >= 15 is 0 Å². The molecule has 0 aliphatic carbocycles. The number of rotatable bonds is 7. The summed E-state index contributed by atoms with van der Waals surface area (Å²) in [5, 5.41) is 3.46. The van der Waals surface area contributed by atoms with Crippen molar-refractivity contribution in [3.63, 3.8) is 0 Å². The van der Waals surface area contributed by atoms with E-state index in [1.807, 2.05) is 6.92 Å². The van der Waals surface area contributed by atoms with E-state index in [4.69, 9.17) is 11.6 Å². The molecule has 0 atom stereocenters. The first kappa shape index (κ1) is 15.2. The molecule has 1 aromatic rings. The van der Waals surface area contributed by atoms with E-state index in [0.717, 1.165) is 12.8 Å². The van der Waals surface area contributed by atoms with Gasteiger partial charge in [-0.1, -0.05) is 18.5 Å². The van der Waals surface area contributed by atoms with Crippen LogP contribution < -0.4 is 5.32 Å². The average Bonchev–Trinajstić information content (AvgIpc) is 2.23. The summed E-state index contributed by atoms with van der Waals surface area (Å²) in [6, 6.07) is 1.64. The molecule has 0 aromatic carbocycles. The summed E-state index contributed by atoms with van der Waals surface area (Å²) >= 11 is 5.88. The highest BCUT2D eigenvalue weighted by atomic mass is 35.5. The van der Waals surface area contributed by atoms with Gasteiger partial charge in [-0.3, -0.25) is 0 Å². The van der Waals surface area contributed by atoms with Gasteiger partial charge in [0, 0.05) is 25.3 Å². The van der Waals surface area contributed by atoms with Crippen LogP contribution in [0.3, 0.4) is 0 Å². The zero-order valence-electron chi connectivity index (χ0n) is 10.6. The second-order valence-electron chi connectivity index (χ2n) is 4.15. The molecule has 0 spiro atoms. The Balaban J connectivity index is 2.51. The topological polar surface area (TPSA) is 72.0 Å². The molecule has 1 rings (SSSR count). The van der Waals surface area contributed by atoms with Crippen LogP contribution >= 0.6 is 11.6 Å². The van der Waals surface area contributed by atoms with Crippen LogP contribution in [0.2, 0.25) is 5.15 Å². The molecule has 0 saturated carbocycles.